The summed E-state index contributed by atoms with van der Waals surface area (Å²) in [5.74, 6) is 0.662. The van der Waals surface area contributed by atoms with Gasteiger partial charge in [0.15, 0.2) is 0 Å². The first-order valence-corrected chi connectivity index (χ1v) is 11.9. The lowest BCUT2D eigenvalue weighted by atomic mass is 9.83. The zero-order chi connectivity index (χ0) is 23.7. The lowest BCUT2D eigenvalue weighted by Crippen LogP contribution is -2.37. The molecule has 5 rings (SSSR count). The number of ether oxygens (including phenoxy) is 1. The minimum Gasteiger partial charge on any atom is -0.489 e. The summed E-state index contributed by atoms with van der Waals surface area (Å²) in [6.45, 7) is 4.85. The van der Waals surface area contributed by atoms with Gasteiger partial charge in [-0.15, -0.1) is 0 Å². The molecule has 4 aromatic rings. The minimum atomic E-state index is -0.387. The first kappa shape index (κ1) is 22.2. The van der Waals surface area contributed by atoms with Crippen molar-refractivity contribution in [2.45, 2.75) is 38.3 Å². The predicted octanol–water partition coefficient (Wildman–Crippen LogP) is 5.88. The summed E-state index contributed by atoms with van der Waals surface area (Å²) in [6.07, 6.45) is 0.837. The van der Waals surface area contributed by atoms with E-state index in [0.717, 1.165) is 35.4 Å². The smallest absolute Gasteiger partial charge is 0.248 e. The van der Waals surface area contributed by atoms with Crippen molar-refractivity contribution < 1.29 is 9.53 Å². The van der Waals surface area contributed by atoms with E-state index in [2.05, 4.69) is 66.8 Å². The van der Waals surface area contributed by atoms with E-state index in [-0.39, 0.29) is 24.0 Å². The van der Waals surface area contributed by atoms with Crippen molar-refractivity contribution in [2.24, 2.45) is 5.73 Å². The number of nitrogens with two attached hydrogens (primary N) is 1. The molecular weight excluding hydrogens is 420 g/mol. The van der Waals surface area contributed by atoms with Crippen LogP contribution in [0.25, 0.3) is 10.8 Å². The molecule has 0 saturated carbocycles. The van der Waals surface area contributed by atoms with Gasteiger partial charge >= 0.3 is 0 Å². The molecule has 1 heterocycles. The van der Waals surface area contributed by atoms with Crippen molar-refractivity contribution in [1.29, 1.82) is 0 Å². The Kier molecular flexibility index (Phi) is 6.08. The molecule has 0 aromatic heterocycles. The first-order chi connectivity index (χ1) is 16.5. The van der Waals surface area contributed by atoms with Crippen LogP contribution in [0.1, 0.15) is 57.9 Å². The van der Waals surface area contributed by atoms with E-state index in [0.29, 0.717) is 5.56 Å². The summed E-state index contributed by atoms with van der Waals surface area (Å²) < 4.78 is 6.40. The molecule has 4 heteroatoms. The fraction of sp³-hybridized carbons (Fsp3) is 0.233. The molecule has 1 aliphatic heterocycles. The van der Waals surface area contributed by atoms with Gasteiger partial charge in [0, 0.05) is 29.6 Å². The van der Waals surface area contributed by atoms with Crippen LogP contribution in [0.4, 0.5) is 0 Å². The third kappa shape index (κ3) is 4.29. The van der Waals surface area contributed by atoms with Gasteiger partial charge in [0.05, 0.1) is 0 Å². The van der Waals surface area contributed by atoms with Crippen LogP contribution in [0.5, 0.6) is 5.75 Å². The number of fused-ring (bicyclic) bond motifs is 2. The zero-order valence-corrected chi connectivity index (χ0v) is 19.6. The summed E-state index contributed by atoms with van der Waals surface area (Å²) in [4.78, 5) is 12.0. The van der Waals surface area contributed by atoms with E-state index in [1.54, 1.807) is 0 Å². The maximum absolute atomic E-state index is 12.0. The molecule has 1 amide bonds. The summed E-state index contributed by atoms with van der Waals surface area (Å²) in [5.41, 5.74) is 10.7. The predicted molar refractivity (Wildman–Crippen MR) is 137 cm³/mol. The molecule has 0 aliphatic carbocycles. The number of aryl methyl sites for hydroxylation is 1. The Hall–Kier alpha value is -3.63. The number of benzene rings is 4. The molecule has 2 unspecified atom stereocenters. The maximum Gasteiger partial charge on any atom is 0.248 e. The lowest BCUT2D eigenvalue weighted by Gasteiger charge is -2.33. The number of amides is 1. The number of nitrogens with one attached hydrogen (secondary N) is 1. The third-order valence-electron chi connectivity index (χ3n) is 6.96. The number of carbonyl (C=O) groups excluding carboxylic acids is 1. The van der Waals surface area contributed by atoms with Crippen molar-refractivity contribution in [3.63, 3.8) is 0 Å². The van der Waals surface area contributed by atoms with Crippen LogP contribution in [-0.4, -0.2) is 18.6 Å². The largest absolute Gasteiger partial charge is 0.489 e. The fourth-order valence-electron chi connectivity index (χ4n) is 5.10. The summed E-state index contributed by atoms with van der Waals surface area (Å²) in [6, 6.07) is 29.4. The van der Waals surface area contributed by atoms with Crippen LogP contribution < -0.4 is 15.8 Å². The highest BCUT2D eigenvalue weighted by atomic mass is 16.5. The number of carbonyl (C=O) groups is 1. The van der Waals surface area contributed by atoms with Crippen LogP contribution in [0.3, 0.4) is 0 Å². The fourth-order valence-corrected chi connectivity index (χ4v) is 5.10. The molecule has 1 aliphatic rings. The van der Waals surface area contributed by atoms with Gasteiger partial charge in [0.25, 0.3) is 0 Å². The second kappa shape index (κ2) is 9.32. The summed E-state index contributed by atoms with van der Waals surface area (Å²) in [5, 5.41) is 6.23. The molecule has 3 atom stereocenters. The summed E-state index contributed by atoms with van der Waals surface area (Å²) in [7, 11) is 0. The zero-order valence-electron chi connectivity index (χ0n) is 19.6. The number of hydrogen-bond donors (Lipinski definition) is 2. The molecule has 4 aromatic carbocycles. The van der Waals surface area contributed by atoms with E-state index in [9.17, 15) is 4.79 Å². The van der Waals surface area contributed by atoms with E-state index >= 15 is 0 Å². The van der Waals surface area contributed by atoms with Crippen LogP contribution >= 0.6 is 0 Å². The first-order valence-electron chi connectivity index (χ1n) is 11.9. The maximum atomic E-state index is 12.0. The molecule has 0 fully saturated rings. The number of para-hydroxylation sites is 1. The average molecular weight is 451 g/mol. The molecule has 0 spiro atoms. The molecule has 4 nitrogen and oxygen atoms in total. The standard InChI is InChI=1S/C30H30N2O2/c1-19-14-15-22(16-27(19)30(31)33)28-17-23(34-29-13-6-5-11-26(28)29)18-32-20(2)24-12-7-9-21-8-3-4-10-25(21)24/h3-16,20,23,28,32H,17-18H2,1-2H3,(H2,31,33)/t20-,23?,28?/m1/s1. The van der Waals surface area contributed by atoms with Crippen molar-refractivity contribution >= 4 is 16.7 Å². The molecular formula is C30H30N2O2. The number of rotatable bonds is 6. The van der Waals surface area contributed by atoms with Gasteiger partial charge in [0.1, 0.15) is 11.9 Å². The highest BCUT2D eigenvalue weighted by Crippen LogP contribution is 2.40. The quantitative estimate of drug-likeness (QED) is 0.385. The van der Waals surface area contributed by atoms with Gasteiger partial charge in [0.2, 0.25) is 5.91 Å². The van der Waals surface area contributed by atoms with Crippen LogP contribution in [0.15, 0.2) is 84.9 Å². The summed E-state index contributed by atoms with van der Waals surface area (Å²) >= 11 is 0. The number of primary amides is 1. The van der Waals surface area contributed by atoms with Crippen molar-refractivity contribution in [2.75, 3.05) is 6.54 Å². The van der Waals surface area contributed by atoms with Crippen molar-refractivity contribution in [1.82, 2.24) is 5.32 Å². The van der Waals surface area contributed by atoms with Crippen LogP contribution in [0.2, 0.25) is 0 Å². The Bertz CT molecular complexity index is 1340. The van der Waals surface area contributed by atoms with Crippen LogP contribution in [-0.2, 0) is 0 Å². The Morgan fingerprint density at radius 2 is 1.79 bits per heavy atom. The highest BCUT2D eigenvalue weighted by Gasteiger charge is 2.30. The second-order valence-corrected chi connectivity index (χ2v) is 9.20. The average Bonchev–Trinajstić information content (AvgIpc) is 2.86. The Morgan fingerprint density at radius 1 is 1.03 bits per heavy atom. The SMILES string of the molecule is Cc1ccc(C2CC(CN[C@H](C)c3cccc4ccccc34)Oc3ccccc32)cc1C(N)=O. The Morgan fingerprint density at radius 3 is 2.65 bits per heavy atom. The van der Waals surface area contributed by atoms with E-state index in [4.69, 9.17) is 10.5 Å². The van der Waals surface area contributed by atoms with Gasteiger partial charge in [-0.1, -0.05) is 72.8 Å². The van der Waals surface area contributed by atoms with Gasteiger partial charge in [-0.05, 0) is 59.9 Å². The molecule has 0 radical (unpaired) electrons. The van der Waals surface area contributed by atoms with Crippen molar-refractivity contribution in [3.05, 3.63) is 113 Å². The third-order valence-corrected chi connectivity index (χ3v) is 6.96. The van der Waals surface area contributed by atoms with Gasteiger partial charge < -0.3 is 15.8 Å². The van der Waals surface area contributed by atoms with Gasteiger partial charge in [-0.3, -0.25) is 4.79 Å². The number of hydrogen-bond acceptors (Lipinski definition) is 3. The van der Waals surface area contributed by atoms with E-state index in [1.165, 1.54) is 16.3 Å². The monoisotopic (exact) mass is 450 g/mol. The second-order valence-electron chi connectivity index (χ2n) is 9.20. The molecule has 3 N–H and O–H groups in total. The lowest BCUT2D eigenvalue weighted by molar-refractivity contribution is 0.0999. The highest BCUT2D eigenvalue weighted by molar-refractivity contribution is 5.94. The van der Waals surface area contributed by atoms with Crippen molar-refractivity contribution in [3.8, 4) is 5.75 Å². The van der Waals surface area contributed by atoms with E-state index in [1.807, 2.05) is 37.3 Å². The minimum absolute atomic E-state index is 0.00987. The Labute approximate surface area is 200 Å². The van der Waals surface area contributed by atoms with Gasteiger partial charge in [-0.25, -0.2) is 0 Å². The van der Waals surface area contributed by atoms with Crippen LogP contribution in [0, 0.1) is 6.92 Å². The topological polar surface area (TPSA) is 64.3 Å². The Balaban J connectivity index is 1.39. The normalized spacial score (nSPS) is 18.2. The van der Waals surface area contributed by atoms with E-state index < -0.39 is 0 Å². The van der Waals surface area contributed by atoms with Gasteiger partial charge in [-0.2, -0.15) is 0 Å². The molecule has 0 saturated heterocycles. The molecule has 172 valence electrons. The molecule has 0 bridgehead atoms. The molecule has 34 heavy (non-hydrogen) atoms.